The molecule has 1 aliphatic rings. The van der Waals surface area contributed by atoms with Crippen molar-refractivity contribution in [3.05, 3.63) is 34.1 Å². The van der Waals surface area contributed by atoms with Crippen LogP contribution in [0.5, 0.6) is 0 Å². The highest BCUT2D eigenvalue weighted by molar-refractivity contribution is 9.10. The van der Waals surface area contributed by atoms with E-state index in [4.69, 9.17) is 0 Å². The fraction of sp³-hybridized carbons (Fsp3) is 0.500. The molecular formula is C14H16Br2FNO. The van der Waals surface area contributed by atoms with Gasteiger partial charge >= 0.3 is 0 Å². The van der Waals surface area contributed by atoms with E-state index in [0.717, 1.165) is 12.8 Å². The third-order valence-corrected chi connectivity index (χ3v) is 5.36. The standard InChI is InChI=1S/C14H16Br2FNO/c15-11-6-2-1-4-9(11)8-18-14(19)10-5-3-7-12(16)13(10)17/h3,5,7,9,11H,1-2,4,6,8H2,(H,18,19). The first kappa shape index (κ1) is 15.0. The molecule has 104 valence electrons. The SMILES string of the molecule is O=C(NCC1CCCCC1Br)c1cccc(Br)c1F. The molecular weight excluding hydrogens is 377 g/mol. The van der Waals surface area contributed by atoms with Crippen LogP contribution in [0.15, 0.2) is 22.7 Å². The first-order valence-corrected chi connectivity index (χ1v) is 8.16. The predicted octanol–water partition coefficient (Wildman–Crippen LogP) is 4.27. The van der Waals surface area contributed by atoms with E-state index in [2.05, 4.69) is 37.2 Å². The lowest BCUT2D eigenvalue weighted by Crippen LogP contribution is -2.34. The second kappa shape index (κ2) is 6.84. The molecule has 19 heavy (non-hydrogen) atoms. The van der Waals surface area contributed by atoms with Crippen LogP contribution >= 0.6 is 31.9 Å². The highest BCUT2D eigenvalue weighted by Gasteiger charge is 2.23. The topological polar surface area (TPSA) is 29.1 Å². The lowest BCUT2D eigenvalue weighted by atomic mass is 9.89. The molecule has 2 nitrogen and oxygen atoms in total. The van der Waals surface area contributed by atoms with E-state index in [1.807, 2.05) is 0 Å². The van der Waals surface area contributed by atoms with E-state index in [1.54, 1.807) is 12.1 Å². The summed E-state index contributed by atoms with van der Waals surface area (Å²) in [6.07, 6.45) is 4.69. The molecule has 2 rings (SSSR count). The van der Waals surface area contributed by atoms with E-state index in [-0.39, 0.29) is 11.5 Å². The molecule has 0 aliphatic heterocycles. The largest absolute Gasteiger partial charge is 0.352 e. The quantitative estimate of drug-likeness (QED) is 0.764. The smallest absolute Gasteiger partial charge is 0.254 e. The first-order valence-electron chi connectivity index (χ1n) is 6.46. The zero-order valence-electron chi connectivity index (χ0n) is 10.5. The van der Waals surface area contributed by atoms with Crippen molar-refractivity contribution in [1.82, 2.24) is 5.32 Å². The molecule has 0 bridgehead atoms. The monoisotopic (exact) mass is 391 g/mol. The molecule has 1 aromatic carbocycles. The Balaban J connectivity index is 1.95. The van der Waals surface area contributed by atoms with Crippen LogP contribution < -0.4 is 5.32 Å². The van der Waals surface area contributed by atoms with Gasteiger partial charge in [0.2, 0.25) is 0 Å². The molecule has 0 radical (unpaired) electrons. The summed E-state index contributed by atoms with van der Waals surface area (Å²) in [5.74, 6) is -0.406. The van der Waals surface area contributed by atoms with Crippen molar-refractivity contribution in [3.63, 3.8) is 0 Å². The van der Waals surface area contributed by atoms with Crippen molar-refractivity contribution >= 4 is 37.8 Å². The summed E-state index contributed by atoms with van der Waals surface area (Å²) in [5, 5.41) is 2.84. The highest BCUT2D eigenvalue weighted by Crippen LogP contribution is 2.29. The van der Waals surface area contributed by atoms with Crippen LogP contribution in [0.3, 0.4) is 0 Å². The molecule has 1 saturated carbocycles. The molecule has 2 atom stereocenters. The van der Waals surface area contributed by atoms with E-state index >= 15 is 0 Å². The van der Waals surface area contributed by atoms with E-state index in [9.17, 15) is 9.18 Å². The van der Waals surface area contributed by atoms with Crippen molar-refractivity contribution in [2.75, 3.05) is 6.54 Å². The number of carbonyl (C=O) groups is 1. The molecule has 1 amide bonds. The minimum absolute atomic E-state index is 0.0938. The molecule has 1 N–H and O–H groups in total. The van der Waals surface area contributed by atoms with E-state index < -0.39 is 5.82 Å². The summed E-state index contributed by atoms with van der Waals surface area (Å²) in [4.78, 5) is 12.4. The number of nitrogens with one attached hydrogen (secondary N) is 1. The molecule has 0 saturated heterocycles. The average molecular weight is 393 g/mol. The molecule has 1 aliphatic carbocycles. The third-order valence-electron chi connectivity index (χ3n) is 3.54. The lowest BCUT2D eigenvalue weighted by Gasteiger charge is -2.27. The van der Waals surface area contributed by atoms with Gasteiger partial charge in [0.05, 0.1) is 10.0 Å². The van der Waals surface area contributed by atoms with Crippen molar-refractivity contribution in [1.29, 1.82) is 0 Å². The van der Waals surface area contributed by atoms with Crippen molar-refractivity contribution in [3.8, 4) is 0 Å². The van der Waals surface area contributed by atoms with Gasteiger partial charge in [0, 0.05) is 11.4 Å². The summed E-state index contributed by atoms with van der Waals surface area (Å²) in [5.41, 5.74) is 0.0938. The molecule has 0 heterocycles. The Morgan fingerprint density at radius 3 is 2.84 bits per heavy atom. The molecule has 2 unspecified atom stereocenters. The zero-order chi connectivity index (χ0) is 13.8. The summed E-state index contributed by atoms with van der Waals surface area (Å²) in [7, 11) is 0. The van der Waals surface area contributed by atoms with Gasteiger partial charge in [-0.25, -0.2) is 4.39 Å². The molecule has 1 aromatic rings. The lowest BCUT2D eigenvalue weighted by molar-refractivity contribution is 0.0940. The molecule has 1 fully saturated rings. The molecule has 0 spiro atoms. The fourth-order valence-corrected chi connectivity index (χ4v) is 3.53. The number of hydrogen-bond donors (Lipinski definition) is 1. The number of carbonyl (C=O) groups excluding carboxylic acids is 1. The van der Waals surface area contributed by atoms with Gasteiger partial charge in [-0.15, -0.1) is 0 Å². The van der Waals surface area contributed by atoms with Gasteiger partial charge in [-0.1, -0.05) is 34.8 Å². The van der Waals surface area contributed by atoms with Crippen LogP contribution in [0.25, 0.3) is 0 Å². The van der Waals surface area contributed by atoms with E-state index in [0.29, 0.717) is 21.8 Å². The number of alkyl halides is 1. The maximum atomic E-state index is 13.8. The predicted molar refractivity (Wildman–Crippen MR) is 81.1 cm³/mol. The molecule has 5 heteroatoms. The van der Waals surface area contributed by atoms with Gasteiger partial charge in [0.1, 0.15) is 5.82 Å². The van der Waals surface area contributed by atoms with Crippen LogP contribution in [-0.4, -0.2) is 17.3 Å². The van der Waals surface area contributed by atoms with Crippen LogP contribution in [0.1, 0.15) is 36.0 Å². The number of rotatable bonds is 3. The summed E-state index contributed by atoms with van der Waals surface area (Å²) in [6, 6.07) is 4.75. The summed E-state index contributed by atoms with van der Waals surface area (Å²) in [6.45, 7) is 0.598. The minimum atomic E-state index is -0.501. The number of amides is 1. The Morgan fingerprint density at radius 1 is 1.37 bits per heavy atom. The second-order valence-electron chi connectivity index (χ2n) is 4.87. The third kappa shape index (κ3) is 3.78. The Hall–Kier alpha value is -0.420. The number of benzene rings is 1. The van der Waals surface area contributed by atoms with Crippen LogP contribution in [0, 0.1) is 11.7 Å². The Kier molecular flexibility index (Phi) is 5.39. The van der Waals surface area contributed by atoms with Crippen LogP contribution in [0.4, 0.5) is 4.39 Å². The number of hydrogen-bond acceptors (Lipinski definition) is 1. The highest BCUT2D eigenvalue weighted by atomic mass is 79.9. The average Bonchev–Trinajstić information content (AvgIpc) is 2.40. The van der Waals surface area contributed by atoms with Crippen LogP contribution in [0.2, 0.25) is 0 Å². The Morgan fingerprint density at radius 2 is 2.11 bits per heavy atom. The minimum Gasteiger partial charge on any atom is -0.352 e. The Bertz CT molecular complexity index is 467. The first-order chi connectivity index (χ1) is 9.09. The van der Waals surface area contributed by atoms with Gasteiger partial charge in [0.25, 0.3) is 5.91 Å². The van der Waals surface area contributed by atoms with Gasteiger partial charge in [-0.3, -0.25) is 4.79 Å². The fourth-order valence-electron chi connectivity index (χ4n) is 2.39. The summed E-state index contributed by atoms with van der Waals surface area (Å²) < 4.78 is 14.1. The van der Waals surface area contributed by atoms with Crippen LogP contribution in [-0.2, 0) is 0 Å². The summed E-state index contributed by atoms with van der Waals surface area (Å²) >= 11 is 6.74. The van der Waals surface area contributed by atoms with Crippen molar-refractivity contribution in [2.45, 2.75) is 30.5 Å². The maximum Gasteiger partial charge on any atom is 0.254 e. The normalized spacial score (nSPS) is 23.1. The zero-order valence-corrected chi connectivity index (χ0v) is 13.6. The van der Waals surface area contributed by atoms with Gasteiger partial charge in [0.15, 0.2) is 0 Å². The van der Waals surface area contributed by atoms with Gasteiger partial charge in [-0.05, 0) is 46.8 Å². The maximum absolute atomic E-state index is 13.8. The second-order valence-corrected chi connectivity index (χ2v) is 6.90. The Labute approximate surface area is 129 Å². The van der Waals surface area contributed by atoms with E-state index in [1.165, 1.54) is 18.9 Å². The van der Waals surface area contributed by atoms with Crippen molar-refractivity contribution in [2.24, 2.45) is 5.92 Å². The van der Waals surface area contributed by atoms with Gasteiger partial charge in [-0.2, -0.15) is 0 Å². The molecule has 0 aromatic heterocycles. The number of halogens is 3. The van der Waals surface area contributed by atoms with Crippen molar-refractivity contribution < 1.29 is 9.18 Å². The van der Waals surface area contributed by atoms with Gasteiger partial charge < -0.3 is 5.32 Å².